The van der Waals surface area contributed by atoms with Gasteiger partial charge in [-0.15, -0.1) is 0 Å². The molecule has 0 saturated heterocycles. The van der Waals surface area contributed by atoms with E-state index >= 15 is 0 Å². The highest BCUT2D eigenvalue weighted by Gasteiger charge is 1.91. The number of carboxylic acids is 2. The van der Waals surface area contributed by atoms with Crippen LogP contribution >= 0.6 is 0 Å². The summed E-state index contributed by atoms with van der Waals surface area (Å²) in [5.74, 6) is -2.05. The van der Waals surface area contributed by atoms with Crippen LogP contribution in [0.5, 0.6) is 0 Å². The molecule has 6 heteroatoms. The molecular weight excluding hydrogens is 240 g/mol. The number of hydrogen-bond donors (Lipinski definition) is 2. The standard InChI is InChI=1S/C12H18O6/c13-11(14)5-9-17-7-3-1-2-4-8-18-10-6-12(15)16/h5-6,9-10H,1-4,7-8H2,(H,13,14)(H,15,16). The largest absolute Gasteiger partial charge is 0.501 e. The zero-order chi connectivity index (χ0) is 13.6. The maximum atomic E-state index is 10.1. The molecule has 18 heavy (non-hydrogen) atoms. The zero-order valence-electron chi connectivity index (χ0n) is 10.1. The molecule has 0 amide bonds. The van der Waals surface area contributed by atoms with E-state index in [2.05, 4.69) is 0 Å². The van der Waals surface area contributed by atoms with E-state index in [1.165, 1.54) is 12.5 Å². The topological polar surface area (TPSA) is 93.1 Å². The smallest absolute Gasteiger partial charge is 0.331 e. The normalized spacial score (nSPS) is 10.9. The summed E-state index contributed by atoms with van der Waals surface area (Å²) in [6, 6.07) is 0. The molecule has 102 valence electrons. The second kappa shape index (κ2) is 11.5. The van der Waals surface area contributed by atoms with Gasteiger partial charge in [0.25, 0.3) is 0 Å². The molecule has 0 aliphatic carbocycles. The van der Waals surface area contributed by atoms with Crippen LogP contribution in [0.4, 0.5) is 0 Å². The molecular formula is C12H18O6. The van der Waals surface area contributed by atoms with Crippen LogP contribution in [0, 0.1) is 0 Å². The predicted octanol–water partition coefficient (Wildman–Crippen LogP) is 1.78. The zero-order valence-corrected chi connectivity index (χ0v) is 10.1. The Balaban J connectivity index is 3.17. The SMILES string of the molecule is O=C(O)C=COCCCCCCOC=CC(=O)O. The minimum absolute atomic E-state index is 0.490. The van der Waals surface area contributed by atoms with E-state index in [9.17, 15) is 9.59 Å². The van der Waals surface area contributed by atoms with Gasteiger partial charge in [0.2, 0.25) is 0 Å². The molecule has 0 fully saturated rings. The molecule has 0 aromatic carbocycles. The Hall–Kier alpha value is -1.98. The summed E-state index contributed by atoms with van der Waals surface area (Å²) >= 11 is 0. The minimum atomic E-state index is -1.03. The van der Waals surface area contributed by atoms with E-state index in [1.54, 1.807) is 0 Å². The Kier molecular flexibility index (Phi) is 10.2. The first-order valence-electron chi connectivity index (χ1n) is 5.65. The second-order valence-corrected chi connectivity index (χ2v) is 3.44. The maximum absolute atomic E-state index is 10.1. The Morgan fingerprint density at radius 3 is 1.50 bits per heavy atom. The molecule has 0 radical (unpaired) electrons. The summed E-state index contributed by atoms with van der Waals surface area (Å²) in [5.41, 5.74) is 0. The van der Waals surface area contributed by atoms with E-state index < -0.39 is 11.9 Å². The molecule has 0 atom stereocenters. The van der Waals surface area contributed by atoms with Crippen LogP contribution in [0.15, 0.2) is 24.7 Å². The Morgan fingerprint density at radius 2 is 1.17 bits per heavy atom. The quantitative estimate of drug-likeness (QED) is 0.333. The van der Waals surface area contributed by atoms with Crippen molar-refractivity contribution in [1.82, 2.24) is 0 Å². The van der Waals surface area contributed by atoms with Gasteiger partial charge >= 0.3 is 11.9 Å². The summed E-state index contributed by atoms with van der Waals surface area (Å²) in [6.45, 7) is 0.979. The first kappa shape index (κ1) is 16.0. The van der Waals surface area contributed by atoms with Gasteiger partial charge in [-0.3, -0.25) is 0 Å². The van der Waals surface area contributed by atoms with E-state index in [1.807, 2.05) is 0 Å². The third-order valence-electron chi connectivity index (χ3n) is 1.89. The van der Waals surface area contributed by atoms with Crippen LogP contribution in [0.2, 0.25) is 0 Å². The molecule has 2 N–H and O–H groups in total. The number of hydrogen-bond acceptors (Lipinski definition) is 4. The summed E-state index contributed by atoms with van der Waals surface area (Å²) in [7, 11) is 0. The highest BCUT2D eigenvalue weighted by Crippen LogP contribution is 2.00. The summed E-state index contributed by atoms with van der Waals surface area (Å²) in [6.07, 6.45) is 7.82. The first-order chi connectivity index (χ1) is 8.63. The molecule has 0 rings (SSSR count). The van der Waals surface area contributed by atoms with Gasteiger partial charge in [-0.05, 0) is 25.7 Å². The van der Waals surface area contributed by atoms with Crippen molar-refractivity contribution in [3.05, 3.63) is 24.7 Å². The Bertz CT molecular complexity index is 265. The average molecular weight is 258 g/mol. The number of rotatable bonds is 11. The second-order valence-electron chi connectivity index (χ2n) is 3.44. The van der Waals surface area contributed by atoms with Crippen molar-refractivity contribution >= 4 is 11.9 Å². The van der Waals surface area contributed by atoms with Crippen molar-refractivity contribution in [2.75, 3.05) is 13.2 Å². The van der Waals surface area contributed by atoms with Gasteiger partial charge in [0.1, 0.15) is 0 Å². The van der Waals surface area contributed by atoms with Gasteiger partial charge in [-0.2, -0.15) is 0 Å². The number of carboxylic acid groups (broad SMARTS) is 2. The lowest BCUT2D eigenvalue weighted by molar-refractivity contribution is -0.132. The summed E-state index contributed by atoms with van der Waals surface area (Å²) in [5, 5.41) is 16.5. The molecule has 0 saturated carbocycles. The van der Waals surface area contributed by atoms with E-state index in [4.69, 9.17) is 19.7 Å². The Morgan fingerprint density at radius 1 is 0.778 bits per heavy atom. The fourth-order valence-electron chi connectivity index (χ4n) is 1.07. The lowest BCUT2D eigenvalue weighted by Crippen LogP contribution is -1.93. The van der Waals surface area contributed by atoms with E-state index in [-0.39, 0.29) is 0 Å². The van der Waals surface area contributed by atoms with E-state index in [0.29, 0.717) is 13.2 Å². The monoisotopic (exact) mass is 258 g/mol. The van der Waals surface area contributed by atoms with Crippen molar-refractivity contribution in [3.63, 3.8) is 0 Å². The number of unbranched alkanes of at least 4 members (excludes halogenated alkanes) is 3. The van der Waals surface area contributed by atoms with Crippen LogP contribution in [0.25, 0.3) is 0 Å². The lowest BCUT2D eigenvalue weighted by Gasteiger charge is -2.01. The van der Waals surface area contributed by atoms with Gasteiger partial charge in [-0.25, -0.2) is 9.59 Å². The van der Waals surface area contributed by atoms with Crippen molar-refractivity contribution < 1.29 is 29.3 Å². The highest BCUT2D eigenvalue weighted by atomic mass is 16.5. The summed E-state index contributed by atoms with van der Waals surface area (Å²) in [4.78, 5) is 20.2. The average Bonchev–Trinajstić information content (AvgIpc) is 2.29. The molecule has 0 spiro atoms. The fraction of sp³-hybridized carbons (Fsp3) is 0.500. The van der Waals surface area contributed by atoms with Crippen molar-refractivity contribution in [2.24, 2.45) is 0 Å². The van der Waals surface area contributed by atoms with Gasteiger partial charge in [0, 0.05) is 0 Å². The van der Waals surface area contributed by atoms with Gasteiger partial charge in [0.05, 0.1) is 37.9 Å². The first-order valence-corrected chi connectivity index (χ1v) is 5.65. The maximum Gasteiger partial charge on any atom is 0.331 e. The van der Waals surface area contributed by atoms with Gasteiger partial charge in [0.15, 0.2) is 0 Å². The van der Waals surface area contributed by atoms with Crippen molar-refractivity contribution in [2.45, 2.75) is 25.7 Å². The third-order valence-corrected chi connectivity index (χ3v) is 1.89. The van der Waals surface area contributed by atoms with Crippen LogP contribution < -0.4 is 0 Å². The van der Waals surface area contributed by atoms with Crippen molar-refractivity contribution in [3.8, 4) is 0 Å². The molecule has 0 heterocycles. The van der Waals surface area contributed by atoms with Crippen LogP contribution in [-0.2, 0) is 19.1 Å². The molecule has 0 unspecified atom stereocenters. The number of aliphatic carboxylic acids is 2. The third kappa shape index (κ3) is 14.0. The summed E-state index contributed by atoms with van der Waals surface area (Å²) < 4.78 is 9.89. The number of ether oxygens (including phenoxy) is 2. The molecule has 0 aromatic rings. The molecule has 0 aliphatic rings. The van der Waals surface area contributed by atoms with Crippen LogP contribution in [0.1, 0.15) is 25.7 Å². The molecule has 0 aliphatic heterocycles. The minimum Gasteiger partial charge on any atom is -0.501 e. The highest BCUT2D eigenvalue weighted by molar-refractivity contribution is 5.79. The predicted molar refractivity (Wildman–Crippen MR) is 63.9 cm³/mol. The molecule has 6 nitrogen and oxygen atoms in total. The van der Waals surface area contributed by atoms with Gasteiger partial charge < -0.3 is 19.7 Å². The fourth-order valence-corrected chi connectivity index (χ4v) is 1.07. The van der Waals surface area contributed by atoms with Crippen LogP contribution in [0.3, 0.4) is 0 Å². The molecule has 0 aromatic heterocycles. The van der Waals surface area contributed by atoms with Gasteiger partial charge in [-0.1, -0.05) is 0 Å². The number of carbonyl (C=O) groups is 2. The Labute approximate surface area is 106 Å². The van der Waals surface area contributed by atoms with E-state index in [0.717, 1.165) is 37.8 Å². The van der Waals surface area contributed by atoms with Crippen LogP contribution in [-0.4, -0.2) is 35.4 Å². The lowest BCUT2D eigenvalue weighted by atomic mass is 10.2. The molecule has 0 bridgehead atoms. The van der Waals surface area contributed by atoms with Crippen molar-refractivity contribution in [1.29, 1.82) is 0 Å².